The van der Waals surface area contributed by atoms with Crippen LogP contribution >= 0.6 is 0 Å². The van der Waals surface area contributed by atoms with Crippen molar-refractivity contribution in [1.82, 2.24) is 4.90 Å². The summed E-state index contributed by atoms with van der Waals surface area (Å²) >= 11 is 0. The van der Waals surface area contributed by atoms with Gasteiger partial charge in [-0.2, -0.15) is 0 Å². The van der Waals surface area contributed by atoms with Gasteiger partial charge in [-0.15, -0.1) is 0 Å². The minimum Gasteiger partial charge on any atom is -0.293 e. The van der Waals surface area contributed by atoms with Crippen LogP contribution in [0.25, 0.3) is 0 Å². The van der Waals surface area contributed by atoms with Crippen molar-refractivity contribution in [2.24, 2.45) is 10.4 Å². The second-order valence-electron chi connectivity index (χ2n) is 8.62. The van der Waals surface area contributed by atoms with E-state index in [4.69, 9.17) is 4.99 Å². The quantitative estimate of drug-likeness (QED) is 0.814. The number of hydrogen-bond acceptors (Lipinski definition) is 3. The van der Waals surface area contributed by atoms with Crippen LogP contribution in [-0.4, -0.2) is 41.8 Å². The van der Waals surface area contributed by atoms with Gasteiger partial charge >= 0.3 is 0 Å². The summed E-state index contributed by atoms with van der Waals surface area (Å²) in [4.78, 5) is 23.1. The van der Waals surface area contributed by atoms with Crippen LogP contribution in [0, 0.1) is 5.41 Å². The van der Waals surface area contributed by atoms with Crippen LogP contribution in [0.3, 0.4) is 0 Å². The van der Waals surface area contributed by atoms with Crippen LogP contribution in [0.4, 0.5) is 5.69 Å². The molecule has 1 amide bonds. The molecule has 4 rings (SSSR count). The fourth-order valence-corrected chi connectivity index (χ4v) is 4.93. The number of amides is 1. The van der Waals surface area contributed by atoms with Gasteiger partial charge in [0.15, 0.2) is 0 Å². The van der Waals surface area contributed by atoms with Crippen molar-refractivity contribution in [2.75, 3.05) is 18.0 Å². The van der Waals surface area contributed by atoms with E-state index in [9.17, 15) is 4.79 Å². The van der Waals surface area contributed by atoms with E-state index in [-0.39, 0.29) is 11.9 Å². The predicted octanol–water partition coefficient (Wildman–Crippen LogP) is 4.26. The molecule has 1 unspecified atom stereocenters. The van der Waals surface area contributed by atoms with Crippen molar-refractivity contribution < 1.29 is 4.79 Å². The number of para-hydroxylation sites is 1. The highest BCUT2D eigenvalue weighted by Gasteiger charge is 2.55. The summed E-state index contributed by atoms with van der Waals surface area (Å²) in [5.74, 6) is 1.19. The predicted molar refractivity (Wildman–Crippen MR) is 107 cm³/mol. The monoisotopic (exact) mass is 353 g/mol. The maximum atomic E-state index is 13.5. The van der Waals surface area contributed by atoms with Crippen molar-refractivity contribution in [2.45, 2.75) is 70.9 Å². The number of likely N-dealkylation sites (tertiary alicyclic amines) is 1. The Morgan fingerprint density at radius 3 is 2.27 bits per heavy atom. The maximum Gasteiger partial charge on any atom is 0.240 e. The molecule has 26 heavy (non-hydrogen) atoms. The molecule has 140 valence electrons. The lowest BCUT2D eigenvalue weighted by molar-refractivity contribution is -0.125. The van der Waals surface area contributed by atoms with Crippen LogP contribution in [-0.2, 0) is 4.79 Å². The molecule has 1 aliphatic carbocycles. The van der Waals surface area contributed by atoms with Gasteiger partial charge in [0, 0.05) is 0 Å². The van der Waals surface area contributed by atoms with Crippen LogP contribution in [0.2, 0.25) is 0 Å². The van der Waals surface area contributed by atoms with Crippen molar-refractivity contribution in [3.63, 3.8) is 0 Å². The van der Waals surface area contributed by atoms with Gasteiger partial charge in [-0.1, -0.05) is 37.5 Å². The van der Waals surface area contributed by atoms with Crippen molar-refractivity contribution in [3.8, 4) is 0 Å². The standard InChI is InChI=1S/C22H31N3O/c1-22(2)19(24-15-9-10-16-24)20(23-17-11-5-3-6-12-17)25(21(22)26)18-13-7-4-8-14-18/h4,7-8,13-14,17,19H,3,5-6,9-12,15-16H2,1-2H3. The van der Waals surface area contributed by atoms with E-state index >= 15 is 0 Å². The van der Waals surface area contributed by atoms with Gasteiger partial charge in [0.1, 0.15) is 5.84 Å². The Labute approximate surface area is 157 Å². The zero-order valence-electron chi connectivity index (χ0n) is 16.2. The Balaban J connectivity index is 1.77. The summed E-state index contributed by atoms with van der Waals surface area (Å²) in [6.45, 7) is 6.37. The minimum absolute atomic E-state index is 0.0969. The summed E-state index contributed by atoms with van der Waals surface area (Å²) in [7, 11) is 0. The molecule has 4 nitrogen and oxygen atoms in total. The smallest absolute Gasteiger partial charge is 0.240 e. The fourth-order valence-electron chi connectivity index (χ4n) is 4.93. The molecule has 0 aromatic heterocycles. The first kappa shape index (κ1) is 17.7. The fraction of sp³-hybridized carbons (Fsp3) is 0.636. The maximum absolute atomic E-state index is 13.5. The highest BCUT2D eigenvalue weighted by Crippen LogP contribution is 2.41. The van der Waals surface area contributed by atoms with Gasteiger partial charge in [-0.3, -0.25) is 19.6 Å². The van der Waals surface area contributed by atoms with Crippen molar-refractivity contribution in [1.29, 1.82) is 0 Å². The lowest BCUT2D eigenvalue weighted by atomic mass is 9.85. The highest BCUT2D eigenvalue weighted by molar-refractivity contribution is 6.27. The molecule has 1 saturated carbocycles. The largest absolute Gasteiger partial charge is 0.293 e. The molecule has 0 radical (unpaired) electrons. The molecule has 2 heterocycles. The summed E-state index contributed by atoms with van der Waals surface area (Å²) in [6, 6.07) is 10.6. The number of benzene rings is 1. The molecular formula is C22H31N3O. The molecule has 0 spiro atoms. The lowest BCUT2D eigenvalue weighted by Gasteiger charge is -2.32. The SMILES string of the molecule is CC1(C)C(=O)N(c2ccccc2)C(=NC2CCCCC2)C1N1CCCC1. The van der Waals surface area contributed by atoms with Crippen LogP contribution < -0.4 is 4.90 Å². The van der Waals surface area contributed by atoms with E-state index in [1.54, 1.807) is 0 Å². The first-order valence-electron chi connectivity index (χ1n) is 10.3. The van der Waals surface area contributed by atoms with Crippen LogP contribution in [0.1, 0.15) is 58.8 Å². The van der Waals surface area contributed by atoms with Gasteiger partial charge in [0.05, 0.1) is 23.2 Å². The van der Waals surface area contributed by atoms with E-state index < -0.39 is 5.41 Å². The molecule has 4 heteroatoms. The molecule has 0 bridgehead atoms. The number of nitrogens with zero attached hydrogens (tertiary/aromatic N) is 3. The van der Waals surface area contributed by atoms with Gasteiger partial charge in [-0.25, -0.2) is 0 Å². The number of hydrogen-bond donors (Lipinski definition) is 0. The van der Waals surface area contributed by atoms with Gasteiger partial charge < -0.3 is 0 Å². The molecule has 1 aromatic rings. The normalized spacial score (nSPS) is 29.0. The molecule has 2 saturated heterocycles. The second-order valence-corrected chi connectivity index (χ2v) is 8.62. The van der Waals surface area contributed by atoms with E-state index in [0.717, 1.165) is 37.5 Å². The van der Waals surface area contributed by atoms with Gasteiger partial charge in [0.2, 0.25) is 5.91 Å². The number of aliphatic imine (C=N–C) groups is 1. The third kappa shape index (κ3) is 3.09. The Morgan fingerprint density at radius 2 is 1.62 bits per heavy atom. The summed E-state index contributed by atoms with van der Waals surface area (Å²) in [5.41, 5.74) is 0.523. The third-order valence-corrected chi connectivity index (χ3v) is 6.32. The molecule has 1 atom stereocenters. The summed E-state index contributed by atoms with van der Waals surface area (Å²) < 4.78 is 0. The average Bonchev–Trinajstić information content (AvgIpc) is 3.23. The second kappa shape index (κ2) is 7.15. The Kier molecular flexibility index (Phi) is 4.87. The lowest BCUT2D eigenvalue weighted by Crippen LogP contribution is -2.46. The zero-order chi connectivity index (χ0) is 18.1. The first-order chi connectivity index (χ1) is 12.6. The van der Waals surface area contributed by atoms with Crippen LogP contribution in [0.15, 0.2) is 35.3 Å². The molecule has 3 fully saturated rings. The summed E-state index contributed by atoms with van der Waals surface area (Å²) in [5, 5.41) is 0. The van der Waals surface area contributed by atoms with Gasteiger partial charge in [0.25, 0.3) is 0 Å². The number of rotatable bonds is 3. The van der Waals surface area contributed by atoms with Crippen molar-refractivity contribution in [3.05, 3.63) is 30.3 Å². The van der Waals surface area contributed by atoms with Crippen LogP contribution in [0.5, 0.6) is 0 Å². The Bertz CT molecular complexity index is 670. The molecule has 1 aromatic carbocycles. The number of carbonyl (C=O) groups is 1. The van der Waals surface area contributed by atoms with Gasteiger partial charge in [-0.05, 0) is 64.8 Å². The van der Waals surface area contributed by atoms with Crippen molar-refractivity contribution >= 4 is 17.4 Å². The van der Waals surface area contributed by atoms with E-state index in [0.29, 0.717) is 6.04 Å². The number of carbonyl (C=O) groups excluding carboxylic acids is 1. The molecule has 0 N–H and O–H groups in total. The van der Waals surface area contributed by atoms with E-state index in [1.807, 2.05) is 35.2 Å². The minimum atomic E-state index is -0.437. The molecular weight excluding hydrogens is 322 g/mol. The van der Waals surface area contributed by atoms with E-state index in [2.05, 4.69) is 18.7 Å². The topological polar surface area (TPSA) is 35.9 Å². The van der Waals surface area contributed by atoms with E-state index in [1.165, 1.54) is 32.1 Å². The zero-order valence-corrected chi connectivity index (χ0v) is 16.2. The third-order valence-electron chi connectivity index (χ3n) is 6.32. The Hall–Kier alpha value is -1.68. The first-order valence-corrected chi connectivity index (χ1v) is 10.3. The molecule has 3 aliphatic rings. The highest BCUT2D eigenvalue weighted by atomic mass is 16.2. The molecule has 2 aliphatic heterocycles. The number of amidine groups is 1. The number of anilines is 1. The Morgan fingerprint density at radius 1 is 0.962 bits per heavy atom. The summed E-state index contributed by atoms with van der Waals surface area (Å²) in [6.07, 6.45) is 8.62. The average molecular weight is 354 g/mol.